The van der Waals surface area contributed by atoms with Gasteiger partial charge in [-0.15, -0.1) is 0 Å². The van der Waals surface area contributed by atoms with E-state index in [0.29, 0.717) is 25.1 Å². The lowest BCUT2D eigenvalue weighted by Crippen LogP contribution is -2.43. The first-order valence-electron chi connectivity index (χ1n) is 9.21. The summed E-state index contributed by atoms with van der Waals surface area (Å²) in [5.41, 5.74) is 3.98. The van der Waals surface area contributed by atoms with Gasteiger partial charge in [0, 0.05) is 19.0 Å². The summed E-state index contributed by atoms with van der Waals surface area (Å²) >= 11 is 0. The SMILES string of the molecule is COC(=O)C1=COC(OC(=O)N2CCc3ccccc3C2)C2C(C)=CCC12. The van der Waals surface area contributed by atoms with Crippen molar-refractivity contribution < 1.29 is 23.8 Å². The second-order valence-corrected chi connectivity index (χ2v) is 7.21. The van der Waals surface area contributed by atoms with Crippen LogP contribution in [-0.4, -0.2) is 36.9 Å². The van der Waals surface area contributed by atoms with Crippen LogP contribution in [0.2, 0.25) is 0 Å². The van der Waals surface area contributed by atoms with Gasteiger partial charge in [0.25, 0.3) is 6.29 Å². The van der Waals surface area contributed by atoms with Crippen LogP contribution < -0.4 is 0 Å². The second-order valence-electron chi connectivity index (χ2n) is 7.21. The number of carbonyl (C=O) groups is 2. The molecule has 1 amide bonds. The second kappa shape index (κ2) is 7.10. The van der Waals surface area contributed by atoms with E-state index in [0.717, 1.165) is 17.6 Å². The number of carbonyl (C=O) groups excluding carboxylic acids is 2. The predicted molar refractivity (Wildman–Crippen MR) is 97.4 cm³/mol. The number of methoxy groups -OCH3 is 1. The van der Waals surface area contributed by atoms with Crippen LogP contribution in [-0.2, 0) is 32.0 Å². The number of hydrogen-bond donors (Lipinski definition) is 0. The Bertz CT molecular complexity index is 828. The van der Waals surface area contributed by atoms with Gasteiger partial charge in [-0.05, 0) is 30.9 Å². The van der Waals surface area contributed by atoms with Gasteiger partial charge in [0.2, 0.25) is 0 Å². The largest absolute Gasteiger partial charge is 0.466 e. The summed E-state index contributed by atoms with van der Waals surface area (Å²) in [5, 5.41) is 0. The Hall–Kier alpha value is -2.76. The first-order valence-corrected chi connectivity index (χ1v) is 9.21. The van der Waals surface area contributed by atoms with Crippen LogP contribution in [0.15, 0.2) is 47.7 Å². The molecule has 1 aliphatic carbocycles. The number of allylic oxidation sites excluding steroid dienone is 1. The summed E-state index contributed by atoms with van der Waals surface area (Å²) in [6.07, 6.45) is 3.87. The van der Waals surface area contributed by atoms with Crippen molar-refractivity contribution in [2.75, 3.05) is 13.7 Å². The molecule has 0 aromatic heterocycles. The molecule has 0 N–H and O–H groups in total. The topological polar surface area (TPSA) is 65.1 Å². The number of benzene rings is 1. The molecule has 3 atom stereocenters. The molecule has 0 saturated carbocycles. The van der Waals surface area contributed by atoms with Crippen LogP contribution in [0.3, 0.4) is 0 Å². The smallest absolute Gasteiger partial charge is 0.413 e. The molecule has 6 nitrogen and oxygen atoms in total. The number of nitrogens with zero attached hydrogens (tertiary/aromatic N) is 1. The van der Waals surface area contributed by atoms with Gasteiger partial charge in [-0.3, -0.25) is 0 Å². The average molecular weight is 369 g/mol. The zero-order valence-electron chi connectivity index (χ0n) is 15.5. The monoisotopic (exact) mass is 369 g/mol. The number of hydrogen-bond acceptors (Lipinski definition) is 5. The number of esters is 1. The minimum atomic E-state index is -0.730. The van der Waals surface area contributed by atoms with E-state index in [9.17, 15) is 9.59 Å². The highest BCUT2D eigenvalue weighted by Crippen LogP contribution is 2.43. The summed E-state index contributed by atoms with van der Waals surface area (Å²) in [5.74, 6) is -0.637. The Balaban J connectivity index is 1.48. The molecule has 0 spiro atoms. The maximum absolute atomic E-state index is 12.7. The van der Waals surface area contributed by atoms with E-state index in [1.807, 2.05) is 25.1 Å². The Morgan fingerprint density at radius 2 is 2.00 bits per heavy atom. The molecule has 0 radical (unpaired) electrons. The molecule has 3 aliphatic rings. The van der Waals surface area contributed by atoms with Crippen molar-refractivity contribution >= 4 is 12.1 Å². The average Bonchev–Trinajstić information content (AvgIpc) is 3.09. The highest BCUT2D eigenvalue weighted by molar-refractivity contribution is 5.89. The molecule has 4 rings (SSSR count). The molecule has 1 aromatic rings. The Labute approximate surface area is 158 Å². The van der Waals surface area contributed by atoms with Crippen molar-refractivity contribution in [2.45, 2.75) is 32.6 Å². The maximum atomic E-state index is 12.7. The fourth-order valence-corrected chi connectivity index (χ4v) is 4.19. The van der Waals surface area contributed by atoms with Crippen molar-refractivity contribution in [2.24, 2.45) is 11.8 Å². The first-order chi connectivity index (χ1) is 13.1. The highest BCUT2D eigenvalue weighted by atomic mass is 16.7. The van der Waals surface area contributed by atoms with Gasteiger partial charge < -0.3 is 19.1 Å². The third-order valence-corrected chi connectivity index (χ3v) is 5.70. The molecule has 2 aliphatic heterocycles. The van der Waals surface area contributed by atoms with Crippen molar-refractivity contribution in [3.8, 4) is 0 Å². The predicted octanol–water partition coefficient (Wildman–Crippen LogP) is 3.18. The number of rotatable bonds is 2. The lowest BCUT2D eigenvalue weighted by molar-refractivity contribution is -0.142. The number of ether oxygens (including phenoxy) is 3. The normalized spacial score (nSPS) is 26.1. The molecule has 142 valence electrons. The molecule has 2 heterocycles. The molecular weight excluding hydrogens is 346 g/mol. The summed E-state index contributed by atoms with van der Waals surface area (Å²) in [6, 6.07) is 8.13. The molecule has 6 heteroatoms. The lowest BCUT2D eigenvalue weighted by Gasteiger charge is -2.35. The Morgan fingerprint density at radius 1 is 1.22 bits per heavy atom. The van der Waals surface area contributed by atoms with Gasteiger partial charge in [-0.1, -0.05) is 35.9 Å². The van der Waals surface area contributed by atoms with Crippen molar-refractivity contribution in [1.29, 1.82) is 0 Å². The van der Waals surface area contributed by atoms with Gasteiger partial charge in [0.05, 0.1) is 24.9 Å². The molecule has 0 bridgehead atoms. The third-order valence-electron chi connectivity index (χ3n) is 5.70. The molecule has 3 unspecified atom stereocenters. The van der Waals surface area contributed by atoms with Crippen LogP contribution in [0.25, 0.3) is 0 Å². The number of amides is 1. The fourth-order valence-electron chi connectivity index (χ4n) is 4.19. The Kier molecular flexibility index (Phi) is 4.64. The minimum absolute atomic E-state index is 0.0777. The van der Waals surface area contributed by atoms with E-state index in [1.165, 1.54) is 18.9 Å². The molecule has 1 aromatic carbocycles. The van der Waals surface area contributed by atoms with Gasteiger partial charge >= 0.3 is 12.1 Å². The minimum Gasteiger partial charge on any atom is -0.466 e. The summed E-state index contributed by atoms with van der Waals surface area (Å²) < 4.78 is 16.2. The zero-order valence-corrected chi connectivity index (χ0v) is 15.5. The Morgan fingerprint density at radius 3 is 2.78 bits per heavy atom. The van der Waals surface area contributed by atoms with Gasteiger partial charge in [-0.2, -0.15) is 0 Å². The quantitative estimate of drug-likeness (QED) is 0.592. The van der Waals surface area contributed by atoms with Crippen LogP contribution in [0, 0.1) is 11.8 Å². The third kappa shape index (κ3) is 3.20. The zero-order chi connectivity index (χ0) is 19.0. The van der Waals surface area contributed by atoms with Crippen LogP contribution in [0.1, 0.15) is 24.5 Å². The van der Waals surface area contributed by atoms with Gasteiger partial charge in [0.1, 0.15) is 0 Å². The fraction of sp³-hybridized carbons (Fsp3) is 0.429. The van der Waals surface area contributed by atoms with Crippen LogP contribution in [0.4, 0.5) is 4.79 Å². The number of fused-ring (bicyclic) bond motifs is 2. The van der Waals surface area contributed by atoms with E-state index in [4.69, 9.17) is 14.2 Å². The van der Waals surface area contributed by atoms with Crippen molar-refractivity contribution in [3.63, 3.8) is 0 Å². The highest BCUT2D eigenvalue weighted by Gasteiger charge is 2.45. The van der Waals surface area contributed by atoms with Gasteiger partial charge in [-0.25, -0.2) is 9.59 Å². The summed E-state index contributed by atoms with van der Waals surface area (Å²) in [7, 11) is 1.35. The summed E-state index contributed by atoms with van der Waals surface area (Å²) in [6.45, 7) is 3.13. The standard InChI is InChI=1S/C21H23NO5/c1-13-7-8-16-17(19(23)25-2)12-26-20(18(13)16)27-21(24)22-10-9-14-5-3-4-6-15(14)11-22/h3-7,12,16,18,20H,8-11H2,1-2H3. The molecule has 27 heavy (non-hydrogen) atoms. The van der Waals surface area contributed by atoms with E-state index in [1.54, 1.807) is 4.90 Å². The van der Waals surface area contributed by atoms with E-state index >= 15 is 0 Å². The van der Waals surface area contributed by atoms with Crippen LogP contribution >= 0.6 is 0 Å². The maximum Gasteiger partial charge on any atom is 0.413 e. The van der Waals surface area contributed by atoms with E-state index in [-0.39, 0.29) is 17.9 Å². The van der Waals surface area contributed by atoms with E-state index < -0.39 is 12.3 Å². The molecule has 0 fully saturated rings. The van der Waals surface area contributed by atoms with Crippen molar-refractivity contribution in [1.82, 2.24) is 4.90 Å². The van der Waals surface area contributed by atoms with E-state index in [2.05, 4.69) is 12.1 Å². The molecular formula is C21H23NO5. The van der Waals surface area contributed by atoms with Crippen molar-refractivity contribution in [3.05, 3.63) is 58.9 Å². The molecule has 0 saturated heterocycles. The lowest BCUT2D eigenvalue weighted by atomic mass is 9.84. The first kappa shape index (κ1) is 17.6. The van der Waals surface area contributed by atoms with Crippen LogP contribution in [0.5, 0.6) is 0 Å². The van der Waals surface area contributed by atoms with Gasteiger partial charge in [0.15, 0.2) is 0 Å². The summed E-state index contributed by atoms with van der Waals surface area (Å²) in [4.78, 5) is 26.4.